The monoisotopic (exact) mass is 284 g/mol. The molecule has 1 N–H and O–H groups in total. The molecule has 1 atom stereocenters. The number of methoxy groups -OCH3 is 1. The maximum atomic E-state index is 11.3. The Morgan fingerprint density at radius 2 is 2.14 bits per heavy atom. The summed E-state index contributed by atoms with van der Waals surface area (Å²) in [6.45, 7) is 2.52. The number of nitriles is 1. The lowest BCUT2D eigenvalue weighted by Gasteiger charge is -2.13. The smallest absolute Gasteiger partial charge is 0.341 e. The lowest BCUT2D eigenvalue weighted by molar-refractivity contribution is 0.0600. The topological polar surface area (TPSA) is 75.3 Å². The zero-order valence-corrected chi connectivity index (χ0v) is 11.9. The van der Waals surface area contributed by atoms with Gasteiger partial charge >= 0.3 is 5.97 Å². The number of carbonyl (C=O) groups is 1. The molecule has 0 aliphatic heterocycles. The van der Waals surface area contributed by atoms with Gasteiger partial charge in [0.2, 0.25) is 0 Å². The Balaban J connectivity index is 1.94. The molecule has 0 aliphatic carbocycles. The fourth-order valence-electron chi connectivity index (χ4n) is 1.92. The molecule has 0 amide bonds. The van der Waals surface area contributed by atoms with E-state index in [1.165, 1.54) is 13.4 Å². The van der Waals surface area contributed by atoms with Crippen molar-refractivity contribution in [3.05, 3.63) is 59.0 Å². The van der Waals surface area contributed by atoms with Crippen LogP contribution in [0.1, 0.15) is 40.2 Å². The van der Waals surface area contributed by atoms with Gasteiger partial charge in [-0.15, -0.1) is 0 Å². The predicted molar refractivity (Wildman–Crippen MR) is 76.5 cm³/mol. The highest BCUT2D eigenvalue weighted by Gasteiger charge is 2.11. The van der Waals surface area contributed by atoms with E-state index >= 15 is 0 Å². The van der Waals surface area contributed by atoms with Crippen LogP contribution >= 0.6 is 0 Å². The zero-order valence-electron chi connectivity index (χ0n) is 11.9. The molecule has 0 saturated heterocycles. The fraction of sp³-hybridized carbons (Fsp3) is 0.250. The van der Waals surface area contributed by atoms with Crippen LogP contribution in [-0.4, -0.2) is 13.1 Å². The van der Waals surface area contributed by atoms with Gasteiger partial charge in [0.05, 0.1) is 30.9 Å². The van der Waals surface area contributed by atoms with Crippen molar-refractivity contribution in [1.82, 2.24) is 5.32 Å². The van der Waals surface area contributed by atoms with E-state index < -0.39 is 5.97 Å². The van der Waals surface area contributed by atoms with Crippen molar-refractivity contribution < 1.29 is 13.9 Å². The zero-order chi connectivity index (χ0) is 15.2. The number of hydrogen-bond acceptors (Lipinski definition) is 5. The molecule has 0 saturated carbocycles. The number of rotatable bonds is 5. The third kappa shape index (κ3) is 3.71. The maximum Gasteiger partial charge on any atom is 0.341 e. The number of nitrogens with one attached hydrogen (secondary N) is 1. The lowest BCUT2D eigenvalue weighted by atomic mass is 10.1. The van der Waals surface area contributed by atoms with Gasteiger partial charge in [0.1, 0.15) is 12.0 Å². The molecule has 2 aromatic rings. The predicted octanol–water partition coefficient (Wildman–Crippen LogP) is 2.79. The van der Waals surface area contributed by atoms with Gasteiger partial charge in [-0.2, -0.15) is 5.26 Å². The molecule has 0 bridgehead atoms. The minimum Gasteiger partial charge on any atom is -0.467 e. The Kier molecular flexibility index (Phi) is 4.75. The van der Waals surface area contributed by atoms with E-state index in [2.05, 4.69) is 16.1 Å². The summed E-state index contributed by atoms with van der Waals surface area (Å²) in [6, 6.07) is 11.3. The molecule has 1 aromatic heterocycles. The van der Waals surface area contributed by atoms with Crippen LogP contribution in [0.15, 0.2) is 41.0 Å². The van der Waals surface area contributed by atoms with E-state index in [-0.39, 0.29) is 6.04 Å². The van der Waals surface area contributed by atoms with Gasteiger partial charge < -0.3 is 14.5 Å². The third-order valence-corrected chi connectivity index (χ3v) is 3.20. The van der Waals surface area contributed by atoms with Crippen molar-refractivity contribution >= 4 is 5.97 Å². The molecular formula is C16H16N2O3. The molecule has 5 heteroatoms. The average Bonchev–Trinajstić information content (AvgIpc) is 3.01. The first kappa shape index (κ1) is 14.8. The van der Waals surface area contributed by atoms with Gasteiger partial charge in [0, 0.05) is 6.04 Å². The van der Waals surface area contributed by atoms with Crippen LogP contribution in [0.3, 0.4) is 0 Å². The maximum absolute atomic E-state index is 11.3. The number of benzene rings is 1. The fourth-order valence-corrected chi connectivity index (χ4v) is 1.92. The number of hydrogen-bond donors (Lipinski definition) is 1. The Labute approximate surface area is 123 Å². The molecule has 0 radical (unpaired) electrons. The highest BCUT2D eigenvalue weighted by molar-refractivity contribution is 5.88. The average molecular weight is 284 g/mol. The van der Waals surface area contributed by atoms with Crippen LogP contribution < -0.4 is 5.32 Å². The molecule has 0 spiro atoms. The van der Waals surface area contributed by atoms with Crippen molar-refractivity contribution in [3.63, 3.8) is 0 Å². The molecule has 21 heavy (non-hydrogen) atoms. The third-order valence-electron chi connectivity index (χ3n) is 3.20. The SMILES string of the molecule is COC(=O)c1coc(CNC(C)c2ccc(C#N)cc2)c1. The van der Waals surface area contributed by atoms with Gasteiger partial charge in [-0.1, -0.05) is 12.1 Å². The minimum atomic E-state index is -0.412. The van der Waals surface area contributed by atoms with E-state index in [4.69, 9.17) is 9.68 Å². The minimum absolute atomic E-state index is 0.101. The summed E-state index contributed by atoms with van der Waals surface area (Å²) < 4.78 is 9.92. The first-order valence-corrected chi connectivity index (χ1v) is 6.53. The summed E-state index contributed by atoms with van der Waals surface area (Å²) in [5.74, 6) is 0.251. The van der Waals surface area contributed by atoms with Crippen LogP contribution in [0.25, 0.3) is 0 Å². The number of carbonyl (C=O) groups excluding carboxylic acids is 1. The molecule has 1 aromatic carbocycles. The highest BCUT2D eigenvalue weighted by atomic mass is 16.5. The number of ether oxygens (including phenoxy) is 1. The van der Waals surface area contributed by atoms with Crippen LogP contribution in [0.4, 0.5) is 0 Å². The summed E-state index contributed by atoms with van der Waals surface area (Å²) in [5, 5.41) is 12.1. The molecule has 1 heterocycles. The van der Waals surface area contributed by atoms with E-state index in [0.717, 1.165) is 5.56 Å². The number of esters is 1. The summed E-state index contributed by atoms with van der Waals surface area (Å²) in [6.07, 6.45) is 1.38. The van der Waals surface area contributed by atoms with Crippen LogP contribution in [0, 0.1) is 11.3 Å². The van der Waals surface area contributed by atoms with Crippen LogP contribution in [0.5, 0.6) is 0 Å². The molecule has 0 aliphatic rings. The van der Waals surface area contributed by atoms with Crippen molar-refractivity contribution in [2.24, 2.45) is 0 Å². The van der Waals surface area contributed by atoms with Gasteiger partial charge in [-0.05, 0) is 30.7 Å². The molecule has 5 nitrogen and oxygen atoms in total. The van der Waals surface area contributed by atoms with E-state index in [1.54, 1.807) is 18.2 Å². The summed E-state index contributed by atoms with van der Waals surface area (Å²) in [5.41, 5.74) is 2.12. The van der Waals surface area contributed by atoms with Gasteiger partial charge in [-0.3, -0.25) is 0 Å². The molecule has 1 unspecified atom stereocenters. The van der Waals surface area contributed by atoms with E-state index in [9.17, 15) is 4.79 Å². The van der Waals surface area contributed by atoms with Crippen LogP contribution in [0.2, 0.25) is 0 Å². The molecule has 2 rings (SSSR count). The first-order valence-electron chi connectivity index (χ1n) is 6.53. The molecule has 0 fully saturated rings. The summed E-state index contributed by atoms with van der Waals surface area (Å²) in [7, 11) is 1.33. The molecule has 108 valence electrons. The Hall–Kier alpha value is -2.58. The van der Waals surface area contributed by atoms with Crippen molar-refractivity contribution in [1.29, 1.82) is 5.26 Å². The highest BCUT2D eigenvalue weighted by Crippen LogP contribution is 2.15. The normalized spacial score (nSPS) is 11.7. The summed E-state index contributed by atoms with van der Waals surface area (Å²) >= 11 is 0. The number of nitrogens with zero attached hydrogens (tertiary/aromatic N) is 1. The van der Waals surface area contributed by atoms with E-state index in [1.807, 2.05) is 19.1 Å². The lowest BCUT2D eigenvalue weighted by Crippen LogP contribution is -2.17. The van der Waals surface area contributed by atoms with Gasteiger partial charge in [0.15, 0.2) is 0 Å². The molecular weight excluding hydrogens is 268 g/mol. The Bertz CT molecular complexity index is 653. The second kappa shape index (κ2) is 6.73. The van der Waals surface area contributed by atoms with Crippen molar-refractivity contribution in [3.8, 4) is 6.07 Å². The largest absolute Gasteiger partial charge is 0.467 e. The van der Waals surface area contributed by atoms with Crippen LogP contribution in [-0.2, 0) is 11.3 Å². The first-order chi connectivity index (χ1) is 10.1. The number of furan rings is 1. The van der Waals surface area contributed by atoms with Gasteiger partial charge in [-0.25, -0.2) is 4.79 Å². The Morgan fingerprint density at radius 3 is 2.76 bits per heavy atom. The van der Waals surface area contributed by atoms with Crippen molar-refractivity contribution in [2.75, 3.05) is 7.11 Å². The second-order valence-corrected chi connectivity index (χ2v) is 4.63. The van der Waals surface area contributed by atoms with Gasteiger partial charge in [0.25, 0.3) is 0 Å². The second-order valence-electron chi connectivity index (χ2n) is 4.63. The van der Waals surface area contributed by atoms with E-state index in [0.29, 0.717) is 23.4 Å². The standard InChI is InChI=1S/C16H16N2O3/c1-11(13-5-3-12(8-17)4-6-13)18-9-15-7-14(10-21-15)16(19)20-2/h3-7,10-11,18H,9H2,1-2H3. The quantitative estimate of drug-likeness (QED) is 0.854. The van der Waals surface area contributed by atoms with Crippen molar-refractivity contribution in [2.45, 2.75) is 19.5 Å². The summed E-state index contributed by atoms with van der Waals surface area (Å²) in [4.78, 5) is 11.3. The Morgan fingerprint density at radius 1 is 1.43 bits per heavy atom.